The number of carbonyl (C=O) groups excluding carboxylic acids is 1. The highest BCUT2D eigenvalue weighted by atomic mass is 16.2. The first kappa shape index (κ1) is 14.8. The maximum Gasteiger partial charge on any atom is 0.314 e. The quantitative estimate of drug-likeness (QED) is 0.508. The molecule has 0 radical (unpaired) electrons. The average molecular weight is 289 g/mol. The first-order chi connectivity index (χ1) is 10.2. The predicted molar refractivity (Wildman–Crippen MR) is 81.7 cm³/mol. The molecule has 1 aromatic rings. The van der Waals surface area contributed by atoms with Gasteiger partial charge in [0, 0.05) is 32.1 Å². The fraction of sp³-hybridized carbons (Fsp3) is 0.308. The van der Waals surface area contributed by atoms with Crippen molar-refractivity contribution in [1.29, 1.82) is 0 Å². The van der Waals surface area contributed by atoms with Gasteiger partial charge < -0.3 is 16.4 Å². The van der Waals surface area contributed by atoms with Crippen LogP contribution in [0.25, 0.3) is 0 Å². The van der Waals surface area contributed by atoms with Gasteiger partial charge in [-0.3, -0.25) is 10.9 Å². The topological polar surface area (TPSA) is 116 Å². The molecule has 2 rings (SSSR count). The second-order valence-electron chi connectivity index (χ2n) is 4.40. The number of hydrogen-bond acceptors (Lipinski definition) is 6. The van der Waals surface area contributed by atoms with Gasteiger partial charge in [0.2, 0.25) is 0 Å². The Labute approximate surface area is 122 Å². The fourth-order valence-corrected chi connectivity index (χ4v) is 1.71. The van der Waals surface area contributed by atoms with E-state index in [1.54, 1.807) is 7.05 Å². The van der Waals surface area contributed by atoms with E-state index in [4.69, 9.17) is 5.73 Å². The summed E-state index contributed by atoms with van der Waals surface area (Å²) in [4.78, 5) is 11.0. The third kappa shape index (κ3) is 4.18. The van der Waals surface area contributed by atoms with Crippen molar-refractivity contribution >= 4 is 17.7 Å². The van der Waals surface area contributed by atoms with Gasteiger partial charge in [0.05, 0.1) is 0 Å². The van der Waals surface area contributed by atoms with Crippen molar-refractivity contribution in [2.75, 3.05) is 13.6 Å². The highest BCUT2D eigenvalue weighted by Gasteiger charge is 2.09. The van der Waals surface area contributed by atoms with E-state index in [-0.39, 0.29) is 6.03 Å². The molecule has 8 nitrogen and oxygen atoms in total. The Morgan fingerprint density at radius 2 is 2.00 bits per heavy atom. The largest absolute Gasteiger partial charge is 0.341 e. The number of amidine groups is 2. The Bertz CT molecular complexity index is 550. The van der Waals surface area contributed by atoms with Crippen molar-refractivity contribution in [3.8, 4) is 0 Å². The predicted octanol–water partition coefficient (Wildman–Crippen LogP) is -0.368. The lowest BCUT2D eigenvalue weighted by Crippen LogP contribution is -2.38. The molecule has 2 amide bonds. The van der Waals surface area contributed by atoms with Gasteiger partial charge in [-0.1, -0.05) is 24.3 Å². The van der Waals surface area contributed by atoms with E-state index in [9.17, 15) is 4.79 Å². The van der Waals surface area contributed by atoms with Crippen LogP contribution >= 0.6 is 0 Å². The van der Waals surface area contributed by atoms with Gasteiger partial charge in [0.1, 0.15) is 5.84 Å². The first-order valence-corrected chi connectivity index (χ1v) is 6.64. The smallest absolute Gasteiger partial charge is 0.314 e. The molecule has 0 atom stereocenters. The molecule has 1 heterocycles. The number of nitrogens with zero attached hydrogens (tertiary/aromatic N) is 2. The van der Waals surface area contributed by atoms with Crippen molar-refractivity contribution < 1.29 is 4.79 Å². The molecule has 6 N–H and O–H groups in total. The van der Waals surface area contributed by atoms with E-state index in [1.807, 2.05) is 24.3 Å². The molecule has 1 aliphatic heterocycles. The van der Waals surface area contributed by atoms with Crippen LogP contribution in [0.5, 0.6) is 0 Å². The summed E-state index contributed by atoms with van der Waals surface area (Å²) in [5, 5.41) is 13.6. The highest BCUT2D eigenvalue weighted by Crippen LogP contribution is 2.05. The lowest BCUT2D eigenvalue weighted by Gasteiger charge is -2.15. The summed E-state index contributed by atoms with van der Waals surface area (Å²) in [6.45, 7) is 0.988. The van der Waals surface area contributed by atoms with Crippen molar-refractivity contribution in [3.05, 3.63) is 35.4 Å². The van der Waals surface area contributed by atoms with E-state index in [1.165, 1.54) is 0 Å². The molecule has 112 valence electrons. The van der Waals surface area contributed by atoms with Gasteiger partial charge in [0.15, 0.2) is 5.84 Å². The Balaban J connectivity index is 1.84. The molecule has 0 aromatic heterocycles. The fourth-order valence-electron chi connectivity index (χ4n) is 1.71. The molecule has 0 fully saturated rings. The third-order valence-corrected chi connectivity index (χ3v) is 2.93. The van der Waals surface area contributed by atoms with Crippen molar-refractivity contribution in [2.24, 2.45) is 15.9 Å². The van der Waals surface area contributed by atoms with Gasteiger partial charge in [-0.2, -0.15) is 10.2 Å². The highest BCUT2D eigenvalue weighted by molar-refractivity contribution is 6.01. The standard InChI is InChI=1S/C13H19N7O/c1-15-13(21)16-7-6-11-17-19-12(20-18-11)10-4-2-9(8-14)3-5-10/h2-5H,6-8,14H2,1H3,(H,17,18)(H,19,20)(H2,15,16,21). The number of urea groups is 1. The second kappa shape index (κ2) is 7.25. The number of rotatable bonds is 5. The number of hydrazone groups is 2. The minimum Gasteiger partial charge on any atom is -0.341 e. The number of nitrogens with two attached hydrogens (primary N) is 1. The lowest BCUT2D eigenvalue weighted by molar-refractivity contribution is 0.243. The first-order valence-electron chi connectivity index (χ1n) is 6.64. The second-order valence-corrected chi connectivity index (χ2v) is 4.40. The Morgan fingerprint density at radius 3 is 2.57 bits per heavy atom. The third-order valence-electron chi connectivity index (χ3n) is 2.93. The zero-order valence-electron chi connectivity index (χ0n) is 11.8. The molecular formula is C13H19N7O. The number of amides is 2. The Kier molecular flexibility index (Phi) is 5.10. The number of hydrogen-bond donors (Lipinski definition) is 5. The number of carbonyl (C=O) groups is 1. The summed E-state index contributed by atoms with van der Waals surface area (Å²) >= 11 is 0. The van der Waals surface area contributed by atoms with Crippen LogP contribution in [0.15, 0.2) is 34.5 Å². The SMILES string of the molecule is CNC(=O)NCCC1=NNC(c2ccc(CN)cc2)=NN1. The van der Waals surface area contributed by atoms with E-state index in [0.29, 0.717) is 31.2 Å². The van der Waals surface area contributed by atoms with Crippen molar-refractivity contribution in [3.63, 3.8) is 0 Å². The van der Waals surface area contributed by atoms with E-state index < -0.39 is 0 Å². The molecule has 1 aromatic carbocycles. The van der Waals surface area contributed by atoms with Crippen LogP contribution in [0.4, 0.5) is 4.79 Å². The maximum absolute atomic E-state index is 11.0. The van der Waals surface area contributed by atoms with Crippen molar-refractivity contribution in [2.45, 2.75) is 13.0 Å². The van der Waals surface area contributed by atoms with Gasteiger partial charge in [-0.05, 0) is 5.56 Å². The van der Waals surface area contributed by atoms with Crippen LogP contribution < -0.4 is 27.2 Å². The normalized spacial score (nSPS) is 13.4. The van der Waals surface area contributed by atoms with Gasteiger partial charge in [-0.15, -0.1) is 0 Å². The number of benzene rings is 1. The average Bonchev–Trinajstić information content (AvgIpc) is 2.55. The monoisotopic (exact) mass is 289 g/mol. The number of nitrogens with one attached hydrogen (secondary N) is 4. The summed E-state index contributed by atoms with van der Waals surface area (Å²) in [5.74, 6) is 1.30. The van der Waals surface area contributed by atoms with Crippen LogP contribution in [-0.2, 0) is 6.54 Å². The minimum absolute atomic E-state index is 0.219. The molecule has 0 saturated carbocycles. The minimum atomic E-state index is -0.219. The van der Waals surface area contributed by atoms with Gasteiger partial charge >= 0.3 is 6.03 Å². The summed E-state index contributed by atoms with van der Waals surface area (Å²) in [6, 6.07) is 7.55. The van der Waals surface area contributed by atoms with Crippen molar-refractivity contribution in [1.82, 2.24) is 21.5 Å². The van der Waals surface area contributed by atoms with E-state index >= 15 is 0 Å². The maximum atomic E-state index is 11.0. The summed E-state index contributed by atoms with van der Waals surface area (Å²) in [5.41, 5.74) is 13.3. The molecule has 0 spiro atoms. The lowest BCUT2D eigenvalue weighted by atomic mass is 10.1. The van der Waals surface area contributed by atoms with E-state index in [2.05, 4.69) is 31.7 Å². The van der Waals surface area contributed by atoms with Crippen LogP contribution in [0.3, 0.4) is 0 Å². The zero-order chi connectivity index (χ0) is 15.1. The summed E-state index contributed by atoms with van der Waals surface area (Å²) < 4.78 is 0. The molecule has 0 unspecified atom stereocenters. The van der Waals surface area contributed by atoms with Gasteiger partial charge in [0.25, 0.3) is 0 Å². The molecule has 0 aliphatic carbocycles. The van der Waals surface area contributed by atoms with Gasteiger partial charge in [-0.25, -0.2) is 4.79 Å². The zero-order valence-corrected chi connectivity index (χ0v) is 11.8. The van der Waals surface area contributed by atoms with Crippen LogP contribution in [0, 0.1) is 0 Å². The molecule has 0 bridgehead atoms. The summed E-state index contributed by atoms with van der Waals surface area (Å²) in [6.07, 6.45) is 0.559. The molecule has 21 heavy (non-hydrogen) atoms. The molecular weight excluding hydrogens is 270 g/mol. The Hall–Kier alpha value is -2.61. The summed E-state index contributed by atoms with van der Waals surface area (Å²) in [7, 11) is 1.57. The Morgan fingerprint density at radius 1 is 1.24 bits per heavy atom. The van der Waals surface area contributed by atoms with Crippen LogP contribution in [0.2, 0.25) is 0 Å². The van der Waals surface area contributed by atoms with E-state index in [0.717, 1.165) is 11.1 Å². The van der Waals surface area contributed by atoms with Crippen LogP contribution in [0.1, 0.15) is 17.5 Å². The molecule has 1 aliphatic rings. The molecule has 0 saturated heterocycles. The van der Waals surface area contributed by atoms with Crippen LogP contribution in [-0.4, -0.2) is 31.3 Å². The molecule has 8 heteroatoms.